The summed E-state index contributed by atoms with van der Waals surface area (Å²) in [5.74, 6) is 0.0399. The van der Waals surface area contributed by atoms with Crippen LogP contribution in [0.15, 0.2) is 72.8 Å². The van der Waals surface area contributed by atoms with Gasteiger partial charge in [0.05, 0.1) is 0 Å². The van der Waals surface area contributed by atoms with E-state index in [9.17, 15) is 9.59 Å². The second kappa shape index (κ2) is 8.39. The molecule has 2 amide bonds. The zero-order chi connectivity index (χ0) is 20.1. The van der Waals surface area contributed by atoms with E-state index >= 15 is 0 Å². The van der Waals surface area contributed by atoms with Crippen LogP contribution >= 0.6 is 0 Å². The van der Waals surface area contributed by atoms with E-state index in [0.717, 1.165) is 22.5 Å². The first-order valence-corrected chi connectivity index (χ1v) is 8.93. The summed E-state index contributed by atoms with van der Waals surface area (Å²) < 4.78 is 5.41. The van der Waals surface area contributed by atoms with Crippen molar-refractivity contribution >= 4 is 23.4 Å². The number of rotatable bonds is 4. The summed E-state index contributed by atoms with van der Waals surface area (Å²) in [5.41, 5.74) is 4.11. The van der Waals surface area contributed by atoms with E-state index in [1.165, 1.54) is 4.90 Å². The van der Waals surface area contributed by atoms with Crippen LogP contribution in [0.3, 0.4) is 0 Å². The molecule has 0 aliphatic carbocycles. The van der Waals surface area contributed by atoms with Gasteiger partial charge in [-0.05, 0) is 67.4 Å². The topological polar surface area (TPSA) is 58.6 Å². The molecule has 0 heterocycles. The number of ether oxygens (including phenoxy) is 1. The molecule has 1 N–H and O–H groups in total. The largest absolute Gasteiger partial charge is 0.419 e. The van der Waals surface area contributed by atoms with Crippen LogP contribution in [0.2, 0.25) is 0 Å². The average molecular weight is 374 g/mol. The average Bonchev–Trinajstić information content (AvgIpc) is 2.71. The lowest BCUT2D eigenvalue weighted by molar-refractivity contribution is 0.102. The Morgan fingerprint density at radius 1 is 0.857 bits per heavy atom. The molecule has 0 saturated carbocycles. The summed E-state index contributed by atoms with van der Waals surface area (Å²) in [4.78, 5) is 26.3. The lowest BCUT2D eigenvalue weighted by atomic mass is 10.1. The van der Waals surface area contributed by atoms with Gasteiger partial charge in [0.2, 0.25) is 0 Å². The Morgan fingerprint density at radius 3 is 2.32 bits per heavy atom. The number of nitrogens with zero attached hydrogens (tertiary/aromatic N) is 1. The van der Waals surface area contributed by atoms with E-state index in [0.29, 0.717) is 11.3 Å². The fraction of sp³-hybridized carbons (Fsp3) is 0.130. The standard InChI is InChI=1S/C23H22N2O3/c1-16-12-13-19(14-17(16)2)24-22(26)18-8-7-11-21(15-18)28-23(27)25(3)20-9-5-4-6-10-20/h4-15H,1-3H3,(H,24,26). The number of benzene rings is 3. The molecule has 0 aliphatic rings. The number of hydrogen-bond donors (Lipinski definition) is 1. The molecule has 0 unspecified atom stereocenters. The zero-order valence-corrected chi connectivity index (χ0v) is 16.1. The van der Waals surface area contributed by atoms with Gasteiger partial charge in [-0.25, -0.2) is 4.79 Å². The van der Waals surface area contributed by atoms with Gasteiger partial charge in [-0.1, -0.05) is 30.3 Å². The van der Waals surface area contributed by atoms with E-state index in [-0.39, 0.29) is 5.91 Å². The molecule has 0 atom stereocenters. The highest BCUT2D eigenvalue weighted by Crippen LogP contribution is 2.19. The van der Waals surface area contributed by atoms with Crippen molar-refractivity contribution in [3.05, 3.63) is 89.5 Å². The molecule has 0 fully saturated rings. The van der Waals surface area contributed by atoms with Crippen LogP contribution in [0.4, 0.5) is 16.2 Å². The van der Waals surface area contributed by atoms with Crippen molar-refractivity contribution in [2.75, 3.05) is 17.3 Å². The maximum Gasteiger partial charge on any atom is 0.419 e. The van der Waals surface area contributed by atoms with E-state index in [1.54, 1.807) is 31.3 Å². The first-order chi connectivity index (χ1) is 13.4. The highest BCUT2D eigenvalue weighted by atomic mass is 16.6. The van der Waals surface area contributed by atoms with Gasteiger partial charge in [0.15, 0.2) is 0 Å². The van der Waals surface area contributed by atoms with E-state index in [2.05, 4.69) is 5.32 Å². The number of amides is 2. The smallest absolute Gasteiger partial charge is 0.410 e. The molecule has 0 spiro atoms. The van der Waals surface area contributed by atoms with E-state index in [4.69, 9.17) is 4.74 Å². The Morgan fingerprint density at radius 2 is 1.61 bits per heavy atom. The molecule has 3 aromatic rings. The van der Waals surface area contributed by atoms with Gasteiger partial charge in [-0.2, -0.15) is 0 Å². The quantitative estimate of drug-likeness (QED) is 0.684. The Hall–Kier alpha value is -3.60. The summed E-state index contributed by atoms with van der Waals surface area (Å²) in [7, 11) is 1.63. The molecule has 28 heavy (non-hydrogen) atoms. The van der Waals surface area contributed by atoms with Gasteiger partial charge in [0.25, 0.3) is 5.91 Å². The van der Waals surface area contributed by atoms with Crippen molar-refractivity contribution in [1.29, 1.82) is 0 Å². The van der Waals surface area contributed by atoms with Crippen molar-refractivity contribution in [3.8, 4) is 5.75 Å². The second-order valence-electron chi connectivity index (χ2n) is 6.54. The third-order valence-corrected chi connectivity index (χ3v) is 4.48. The number of carbonyl (C=O) groups excluding carboxylic acids is 2. The minimum Gasteiger partial charge on any atom is -0.410 e. The van der Waals surface area contributed by atoms with Gasteiger partial charge in [-0.3, -0.25) is 9.69 Å². The first-order valence-electron chi connectivity index (χ1n) is 8.93. The minimum atomic E-state index is -0.530. The molecule has 0 saturated heterocycles. The van der Waals surface area contributed by atoms with Crippen LogP contribution in [0.1, 0.15) is 21.5 Å². The molecule has 142 valence electrons. The number of carbonyl (C=O) groups is 2. The monoisotopic (exact) mass is 374 g/mol. The third kappa shape index (κ3) is 4.57. The Bertz CT molecular complexity index is 1000. The van der Waals surface area contributed by atoms with Crippen LogP contribution in [0.5, 0.6) is 5.75 Å². The number of aryl methyl sites for hydroxylation is 2. The summed E-state index contributed by atoms with van der Waals surface area (Å²) in [6.45, 7) is 4.01. The maximum absolute atomic E-state index is 12.5. The molecule has 5 nitrogen and oxygen atoms in total. The lowest BCUT2D eigenvalue weighted by Crippen LogP contribution is -2.29. The molecule has 0 aromatic heterocycles. The summed E-state index contributed by atoms with van der Waals surface area (Å²) in [6, 6.07) is 21.5. The highest BCUT2D eigenvalue weighted by Gasteiger charge is 2.14. The normalized spacial score (nSPS) is 10.2. The molecule has 0 bridgehead atoms. The van der Waals surface area contributed by atoms with Crippen LogP contribution < -0.4 is 15.0 Å². The van der Waals surface area contributed by atoms with Gasteiger partial charge in [0.1, 0.15) is 5.75 Å². The fourth-order valence-corrected chi connectivity index (χ4v) is 2.65. The molecule has 5 heteroatoms. The molecule has 0 radical (unpaired) electrons. The van der Waals surface area contributed by atoms with Crippen molar-refractivity contribution < 1.29 is 14.3 Å². The van der Waals surface area contributed by atoms with Crippen molar-refractivity contribution in [3.63, 3.8) is 0 Å². The van der Waals surface area contributed by atoms with Crippen LogP contribution in [-0.4, -0.2) is 19.0 Å². The van der Waals surface area contributed by atoms with Gasteiger partial charge >= 0.3 is 6.09 Å². The van der Waals surface area contributed by atoms with Gasteiger partial charge in [0, 0.05) is 24.0 Å². The van der Waals surface area contributed by atoms with Gasteiger partial charge in [-0.15, -0.1) is 0 Å². The SMILES string of the molecule is Cc1ccc(NC(=O)c2cccc(OC(=O)N(C)c3ccccc3)c2)cc1C. The molecule has 3 aromatic carbocycles. The molecule has 3 rings (SSSR count). The number of nitrogens with one attached hydrogen (secondary N) is 1. The van der Waals surface area contributed by atoms with Crippen LogP contribution in [0.25, 0.3) is 0 Å². The minimum absolute atomic E-state index is 0.266. The first kappa shape index (κ1) is 19.2. The second-order valence-corrected chi connectivity index (χ2v) is 6.54. The predicted octanol–water partition coefficient (Wildman–Crippen LogP) is 5.19. The number of para-hydroxylation sites is 1. The Kier molecular flexibility index (Phi) is 5.75. The highest BCUT2D eigenvalue weighted by molar-refractivity contribution is 6.04. The fourth-order valence-electron chi connectivity index (χ4n) is 2.65. The predicted molar refractivity (Wildman–Crippen MR) is 111 cm³/mol. The van der Waals surface area contributed by atoms with Crippen LogP contribution in [-0.2, 0) is 0 Å². The van der Waals surface area contributed by atoms with Crippen molar-refractivity contribution in [2.24, 2.45) is 0 Å². The summed E-state index contributed by atoms with van der Waals surface area (Å²) in [5, 5.41) is 2.87. The third-order valence-electron chi connectivity index (χ3n) is 4.48. The summed E-state index contributed by atoms with van der Waals surface area (Å²) >= 11 is 0. The Balaban J connectivity index is 1.70. The van der Waals surface area contributed by atoms with Crippen molar-refractivity contribution in [1.82, 2.24) is 0 Å². The zero-order valence-electron chi connectivity index (χ0n) is 16.1. The molecular formula is C23H22N2O3. The van der Waals surface area contributed by atoms with E-state index < -0.39 is 6.09 Å². The van der Waals surface area contributed by atoms with Crippen molar-refractivity contribution in [2.45, 2.75) is 13.8 Å². The Labute approximate surface area is 164 Å². The number of anilines is 2. The lowest BCUT2D eigenvalue weighted by Gasteiger charge is -2.17. The molecule has 0 aliphatic heterocycles. The summed E-state index contributed by atoms with van der Waals surface area (Å²) in [6.07, 6.45) is -0.530. The number of hydrogen-bond acceptors (Lipinski definition) is 3. The van der Waals surface area contributed by atoms with Crippen LogP contribution in [0, 0.1) is 13.8 Å². The van der Waals surface area contributed by atoms with E-state index in [1.807, 2.05) is 62.4 Å². The maximum atomic E-state index is 12.5. The van der Waals surface area contributed by atoms with Gasteiger partial charge < -0.3 is 10.1 Å². The molecular weight excluding hydrogens is 352 g/mol.